The van der Waals surface area contributed by atoms with Crippen molar-refractivity contribution in [1.29, 1.82) is 0 Å². The van der Waals surface area contributed by atoms with Gasteiger partial charge in [-0.2, -0.15) is 0 Å². The van der Waals surface area contributed by atoms with E-state index in [0.717, 1.165) is 44.1 Å². The van der Waals surface area contributed by atoms with Gasteiger partial charge >= 0.3 is 5.97 Å². The Labute approximate surface area is 142 Å². The van der Waals surface area contributed by atoms with Gasteiger partial charge in [0, 0.05) is 13.2 Å². The normalized spacial score (nSPS) is 19.8. The second-order valence-electron chi connectivity index (χ2n) is 6.87. The highest BCUT2D eigenvalue weighted by Gasteiger charge is 2.34. The van der Waals surface area contributed by atoms with Gasteiger partial charge in [0.25, 0.3) is 0 Å². The predicted octanol–water partition coefficient (Wildman–Crippen LogP) is 4.22. The van der Waals surface area contributed by atoms with E-state index in [9.17, 15) is 9.18 Å². The molecule has 1 aromatic rings. The summed E-state index contributed by atoms with van der Waals surface area (Å²) in [6.45, 7) is 0.417. The van der Waals surface area contributed by atoms with E-state index in [1.54, 1.807) is 13.2 Å². The fourth-order valence-electron chi connectivity index (χ4n) is 3.49. The maximum atomic E-state index is 14.3. The number of rotatable bonds is 6. The van der Waals surface area contributed by atoms with Crippen molar-refractivity contribution in [2.45, 2.75) is 56.5 Å². The van der Waals surface area contributed by atoms with Crippen molar-refractivity contribution in [3.05, 3.63) is 29.1 Å². The lowest BCUT2D eigenvalue weighted by Crippen LogP contribution is -2.40. The molecular formula is C19H25FO4. The fraction of sp³-hybridized carbons (Fsp3) is 0.632. The van der Waals surface area contributed by atoms with E-state index in [2.05, 4.69) is 4.74 Å². The third-order valence-electron chi connectivity index (χ3n) is 5.21. The monoisotopic (exact) mass is 336 g/mol. The standard InChI is InChI=1S/C19H25FO4/c1-22-18(21)15-10-14(13-6-7-13)17(11-16(15)20)24-12-19(23-2)8-4-3-5-9-19/h10-11,13H,3-9,12H2,1-2H3. The van der Waals surface area contributed by atoms with Crippen LogP contribution in [-0.4, -0.2) is 32.4 Å². The predicted molar refractivity (Wildman–Crippen MR) is 88.0 cm³/mol. The molecule has 1 aromatic carbocycles. The van der Waals surface area contributed by atoms with Crippen molar-refractivity contribution < 1.29 is 23.4 Å². The van der Waals surface area contributed by atoms with Gasteiger partial charge in [-0.15, -0.1) is 0 Å². The van der Waals surface area contributed by atoms with Gasteiger partial charge in [-0.25, -0.2) is 9.18 Å². The number of benzene rings is 1. The Balaban J connectivity index is 1.82. The van der Waals surface area contributed by atoms with Gasteiger partial charge in [-0.1, -0.05) is 19.3 Å². The summed E-state index contributed by atoms with van der Waals surface area (Å²) >= 11 is 0. The van der Waals surface area contributed by atoms with E-state index in [4.69, 9.17) is 9.47 Å². The van der Waals surface area contributed by atoms with E-state index in [0.29, 0.717) is 18.3 Å². The lowest BCUT2D eigenvalue weighted by atomic mass is 9.85. The smallest absolute Gasteiger partial charge is 0.340 e. The summed E-state index contributed by atoms with van der Waals surface area (Å²) < 4.78 is 30.7. The van der Waals surface area contributed by atoms with E-state index < -0.39 is 11.8 Å². The minimum absolute atomic E-state index is 0.0223. The molecule has 0 spiro atoms. The fourth-order valence-corrected chi connectivity index (χ4v) is 3.49. The van der Waals surface area contributed by atoms with Crippen LogP contribution >= 0.6 is 0 Å². The highest BCUT2D eigenvalue weighted by atomic mass is 19.1. The number of methoxy groups -OCH3 is 2. The van der Waals surface area contributed by atoms with Crippen molar-refractivity contribution in [2.24, 2.45) is 0 Å². The molecule has 0 radical (unpaired) electrons. The molecule has 0 amide bonds. The number of halogens is 1. The van der Waals surface area contributed by atoms with E-state index in [1.165, 1.54) is 19.6 Å². The van der Waals surface area contributed by atoms with Crippen LogP contribution in [0.1, 0.15) is 66.8 Å². The summed E-state index contributed by atoms with van der Waals surface area (Å²) in [5.74, 6) is -0.378. The topological polar surface area (TPSA) is 44.8 Å². The Morgan fingerprint density at radius 1 is 1.21 bits per heavy atom. The number of carbonyl (C=O) groups excluding carboxylic acids is 1. The first-order valence-corrected chi connectivity index (χ1v) is 8.68. The number of carbonyl (C=O) groups is 1. The Morgan fingerprint density at radius 3 is 2.50 bits per heavy atom. The minimum atomic E-state index is -0.651. The van der Waals surface area contributed by atoms with Crippen molar-refractivity contribution >= 4 is 5.97 Å². The molecule has 0 heterocycles. The van der Waals surface area contributed by atoms with Crippen molar-refractivity contribution in [1.82, 2.24) is 0 Å². The van der Waals surface area contributed by atoms with E-state index >= 15 is 0 Å². The van der Waals surface area contributed by atoms with E-state index in [1.807, 2.05) is 0 Å². The zero-order valence-corrected chi connectivity index (χ0v) is 14.4. The first kappa shape index (κ1) is 17.2. The maximum absolute atomic E-state index is 14.3. The Hall–Kier alpha value is -1.62. The highest BCUT2D eigenvalue weighted by Crippen LogP contribution is 2.45. The summed E-state index contributed by atoms with van der Waals surface area (Å²) in [6, 6.07) is 2.92. The molecule has 0 atom stereocenters. The van der Waals surface area contributed by atoms with Crippen LogP contribution in [0.4, 0.5) is 4.39 Å². The quantitative estimate of drug-likeness (QED) is 0.730. The molecule has 24 heavy (non-hydrogen) atoms. The second-order valence-corrected chi connectivity index (χ2v) is 6.87. The molecule has 2 fully saturated rings. The van der Waals surface area contributed by atoms with Crippen LogP contribution in [0, 0.1) is 5.82 Å². The van der Waals surface area contributed by atoms with Gasteiger partial charge in [0.05, 0.1) is 12.7 Å². The summed E-state index contributed by atoms with van der Waals surface area (Å²) in [7, 11) is 2.98. The van der Waals surface area contributed by atoms with Crippen LogP contribution in [0.2, 0.25) is 0 Å². The molecule has 0 saturated heterocycles. The average molecular weight is 336 g/mol. The molecule has 4 nitrogen and oxygen atoms in total. The lowest BCUT2D eigenvalue weighted by molar-refractivity contribution is -0.0688. The van der Waals surface area contributed by atoms with Gasteiger partial charge in [0.15, 0.2) is 0 Å². The maximum Gasteiger partial charge on any atom is 0.340 e. The molecule has 0 aromatic heterocycles. The molecule has 2 aliphatic rings. The molecule has 0 bridgehead atoms. The molecule has 0 aliphatic heterocycles. The molecule has 2 saturated carbocycles. The van der Waals surface area contributed by atoms with Crippen LogP contribution in [0.25, 0.3) is 0 Å². The zero-order chi connectivity index (χ0) is 17.2. The van der Waals surface area contributed by atoms with Crippen LogP contribution in [0.5, 0.6) is 5.75 Å². The third kappa shape index (κ3) is 3.56. The summed E-state index contributed by atoms with van der Waals surface area (Å²) in [5, 5.41) is 0. The summed E-state index contributed by atoms with van der Waals surface area (Å²) in [4.78, 5) is 11.7. The molecule has 5 heteroatoms. The van der Waals surface area contributed by atoms with Crippen LogP contribution in [0.3, 0.4) is 0 Å². The van der Waals surface area contributed by atoms with E-state index in [-0.39, 0.29) is 11.2 Å². The molecule has 0 unspecified atom stereocenters. The van der Waals surface area contributed by atoms with Crippen LogP contribution in [-0.2, 0) is 9.47 Å². The number of ether oxygens (including phenoxy) is 3. The highest BCUT2D eigenvalue weighted by molar-refractivity contribution is 5.90. The Morgan fingerprint density at radius 2 is 1.92 bits per heavy atom. The van der Waals surface area contributed by atoms with Gasteiger partial charge in [-0.3, -0.25) is 0 Å². The SMILES string of the molecule is COC(=O)c1cc(C2CC2)c(OCC2(OC)CCCCC2)cc1F. The largest absolute Gasteiger partial charge is 0.490 e. The van der Waals surface area contributed by atoms with Gasteiger partial charge < -0.3 is 14.2 Å². The number of hydrogen-bond donors (Lipinski definition) is 0. The van der Waals surface area contributed by atoms with Crippen molar-refractivity contribution in [3.8, 4) is 5.75 Å². The average Bonchev–Trinajstić information content (AvgIpc) is 3.45. The van der Waals surface area contributed by atoms with Crippen molar-refractivity contribution in [2.75, 3.05) is 20.8 Å². The molecule has 3 rings (SSSR count). The minimum Gasteiger partial charge on any atom is -0.490 e. The molecule has 0 N–H and O–H groups in total. The molecule has 2 aliphatic carbocycles. The molecule has 132 valence electrons. The second kappa shape index (κ2) is 7.09. The number of hydrogen-bond acceptors (Lipinski definition) is 4. The first-order chi connectivity index (χ1) is 11.6. The van der Waals surface area contributed by atoms with Gasteiger partial charge in [-0.05, 0) is 43.2 Å². The van der Waals surface area contributed by atoms with Crippen LogP contribution < -0.4 is 4.74 Å². The zero-order valence-electron chi connectivity index (χ0n) is 14.4. The van der Waals surface area contributed by atoms with Gasteiger partial charge in [0.1, 0.15) is 23.8 Å². The summed E-state index contributed by atoms with van der Waals surface area (Å²) in [5.41, 5.74) is 0.598. The Bertz CT molecular complexity index is 604. The van der Waals surface area contributed by atoms with Crippen molar-refractivity contribution in [3.63, 3.8) is 0 Å². The lowest BCUT2D eigenvalue weighted by Gasteiger charge is -2.35. The van der Waals surface area contributed by atoms with Crippen LogP contribution in [0.15, 0.2) is 12.1 Å². The third-order valence-corrected chi connectivity index (χ3v) is 5.21. The van der Waals surface area contributed by atoms with Gasteiger partial charge in [0.2, 0.25) is 0 Å². The number of esters is 1. The molecular weight excluding hydrogens is 311 g/mol. The summed E-state index contributed by atoms with van der Waals surface area (Å²) in [6.07, 6.45) is 7.48. The first-order valence-electron chi connectivity index (χ1n) is 8.68. The Kier molecular flexibility index (Phi) is 5.09.